The third kappa shape index (κ3) is 2.72. The first kappa shape index (κ1) is 17.1. The zero-order valence-electron chi connectivity index (χ0n) is 15.3. The quantitative estimate of drug-likeness (QED) is 0.750. The van der Waals surface area contributed by atoms with E-state index in [0.717, 1.165) is 19.4 Å². The molecule has 1 amide bonds. The van der Waals surface area contributed by atoms with Gasteiger partial charge in [0.25, 0.3) is 11.8 Å². The van der Waals surface area contributed by atoms with Gasteiger partial charge in [0.05, 0.1) is 25.1 Å². The minimum atomic E-state index is -0.477. The largest absolute Gasteiger partial charge is 0.478 e. The van der Waals surface area contributed by atoms with Gasteiger partial charge >= 0.3 is 0 Å². The van der Waals surface area contributed by atoms with Crippen molar-refractivity contribution in [1.82, 2.24) is 19.7 Å². The number of fused-ring (bicyclic) bond motifs is 2. The molecule has 144 valence electrons. The molecule has 0 unspecified atom stereocenters. The Morgan fingerprint density at radius 1 is 1.36 bits per heavy atom. The van der Waals surface area contributed by atoms with Crippen molar-refractivity contribution in [3.05, 3.63) is 48.2 Å². The van der Waals surface area contributed by atoms with E-state index in [1.54, 1.807) is 29.1 Å². The lowest BCUT2D eigenvalue weighted by Crippen LogP contribution is -2.53. The SMILES string of the molecule is COc1nccn2c(-c3cc(F)cc(C(=O)N[C@@H]4C[C@H]5OCC[C@@H]45)c3)cnc12. The maximum atomic E-state index is 14.3. The first-order valence-corrected chi connectivity index (χ1v) is 9.23. The average molecular weight is 382 g/mol. The Labute approximate surface area is 160 Å². The van der Waals surface area contributed by atoms with Crippen LogP contribution < -0.4 is 10.1 Å². The van der Waals surface area contributed by atoms with E-state index in [4.69, 9.17) is 9.47 Å². The average Bonchev–Trinajstić information content (AvgIpc) is 3.28. The second-order valence-electron chi connectivity index (χ2n) is 7.18. The van der Waals surface area contributed by atoms with Crippen LogP contribution in [-0.4, -0.2) is 46.1 Å². The second-order valence-corrected chi connectivity index (χ2v) is 7.18. The van der Waals surface area contributed by atoms with E-state index in [2.05, 4.69) is 15.3 Å². The molecule has 3 heterocycles. The normalized spacial score (nSPS) is 23.3. The number of nitrogens with zero attached hydrogens (tertiary/aromatic N) is 3. The van der Waals surface area contributed by atoms with Crippen LogP contribution in [0.15, 0.2) is 36.8 Å². The van der Waals surface area contributed by atoms with E-state index >= 15 is 0 Å². The van der Waals surface area contributed by atoms with Gasteiger partial charge in [0.1, 0.15) is 5.82 Å². The van der Waals surface area contributed by atoms with Crippen LogP contribution >= 0.6 is 0 Å². The number of carbonyl (C=O) groups is 1. The van der Waals surface area contributed by atoms with E-state index in [0.29, 0.717) is 28.7 Å². The van der Waals surface area contributed by atoms with Gasteiger partial charge in [-0.2, -0.15) is 0 Å². The van der Waals surface area contributed by atoms with E-state index in [9.17, 15) is 9.18 Å². The van der Waals surface area contributed by atoms with Crippen LogP contribution in [0.25, 0.3) is 16.9 Å². The van der Waals surface area contributed by atoms with Crippen LogP contribution in [-0.2, 0) is 4.74 Å². The number of ether oxygens (including phenoxy) is 2. The molecule has 0 radical (unpaired) electrons. The number of methoxy groups -OCH3 is 1. The molecule has 1 aliphatic carbocycles. The summed E-state index contributed by atoms with van der Waals surface area (Å²) >= 11 is 0. The summed E-state index contributed by atoms with van der Waals surface area (Å²) < 4.78 is 26.9. The van der Waals surface area contributed by atoms with Crippen LogP contribution in [0, 0.1) is 11.7 Å². The predicted molar refractivity (Wildman–Crippen MR) is 98.7 cm³/mol. The van der Waals surface area contributed by atoms with E-state index in [1.165, 1.54) is 19.2 Å². The fourth-order valence-corrected chi connectivity index (χ4v) is 4.14. The molecule has 3 atom stereocenters. The van der Waals surface area contributed by atoms with Gasteiger partial charge in [-0.1, -0.05) is 0 Å². The van der Waals surface area contributed by atoms with Crippen molar-refractivity contribution in [2.75, 3.05) is 13.7 Å². The summed E-state index contributed by atoms with van der Waals surface area (Å²) in [5, 5.41) is 3.02. The molecule has 3 aromatic rings. The first-order valence-electron chi connectivity index (χ1n) is 9.23. The lowest BCUT2D eigenvalue weighted by atomic mass is 9.76. The Morgan fingerprint density at radius 3 is 3.07 bits per heavy atom. The van der Waals surface area contributed by atoms with Crippen molar-refractivity contribution >= 4 is 11.6 Å². The standard InChI is InChI=1S/C20H19FN4O3/c1-27-20-18-23-10-16(25(18)4-3-22-20)11-6-12(8-13(21)7-11)19(26)24-15-9-17-14(15)2-5-28-17/h3-4,6-8,10,14-15,17H,2,5,9H2,1H3,(H,24,26)/t14-,15+,17+/m0/s1. The highest BCUT2D eigenvalue weighted by Gasteiger charge is 2.45. The number of hydrogen-bond acceptors (Lipinski definition) is 5. The maximum Gasteiger partial charge on any atom is 0.258 e. The number of carbonyl (C=O) groups excluding carboxylic acids is 1. The second kappa shape index (κ2) is 6.56. The lowest BCUT2D eigenvalue weighted by Gasteiger charge is -2.39. The highest BCUT2D eigenvalue weighted by Crippen LogP contribution is 2.38. The Kier molecular flexibility index (Phi) is 4.01. The van der Waals surface area contributed by atoms with Crippen molar-refractivity contribution in [2.24, 2.45) is 5.92 Å². The molecule has 0 spiro atoms. The smallest absolute Gasteiger partial charge is 0.258 e. The summed E-state index contributed by atoms with van der Waals surface area (Å²) in [6.07, 6.45) is 6.96. The van der Waals surface area contributed by atoms with E-state index in [-0.39, 0.29) is 23.6 Å². The van der Waals surface area contributed by atoms with Crippen molar-refractivity contribution < 1.29 is 18.7 Å². The van der Waals surface area contributed by atoms with Crippen molar-refractivity contribution in [2.45, 2.75) is 25.0 Å². The Morgan fingerprint density at radius 2 is 2.25 bits per heavy atom. The number of nitrogens with one attached hydrogen (secondary N) is 1. The molecule has 28 heavy (non-hydrogen) atoms. The van der Waals surface area contributed by atoms with E-state index < -0.39 is 5.82 Å². The fraction of sp³-hybridized carbons (Fsp3) is 0.350. The van der Waals surface area contributed by atoms with Crippen LogP contribution in [0.4, 0.5) is 4.39 Å². The molecule has 1 aliphatic heterocycles. The summed E-state index contributed by atoms with van der Waals surface area (Å²) in [5.41, 5.74) is 2.02. The van der Waals surface area contributed by atoms with Crippen molar-refractivity contribution in [3.8, 4) is 17.1 Å². The number of rotatable bonds is 4. The molecule has 7 nitrogen and oxygen atoms in total. The predicted octanol–water partition coefficient (Wildman–Crippen LogP) is 2.45. The monoisotopic (exact) mass is 382 g/mol. The molecular formula is C20H19FN4O3. The topological polar surface area (TPSA) is 77.8 Å². The van der Waals surface area contributed by atoms with Gasteiger partial charge in [-0.3, -0.25) is 9.20 Å². The highest BCUT2D eigenvalue weighted by atomic mass is 19.1. The molecule has 2 fully saturated rings. The highest BCUT2D eigenvalue weighted by molar-refractivity contribution is 5.95. The third-order valence-corrected chi connectivity index (χ3v) is 5.62. The zero-order valence-corrected chi connectivity index (χ0v) is 15.3. The first-order chi connectivity index (χ1) is 13.6. The molecule has 1 saturated carbocycles. The van der Waals surface area contributed by atoms with E-state index in [1.807, 2.05) is 0 Å². The number of halogens is 1. The Balaban J connectivity index is 1.45. The summed E-state index contributed by atoms with van der Waals surface area (Å²) in [7, 11) is 1.52. The number of hydrogen-bond donors (Lipinski definition) is 1. The molecular weight excluding hydrogens is 363 g/mol. The van der Waals surface area contributed by atoms with Gasteiger partial charge in [-0.15, -0.1) is 0 Å². The molecule has 1 aromatic carbocycles. The number of aromatic nitrogens is 3. The Bertz CT molecular complexity index is 1070. The van der Waals surface area contributed by atoms with Crippen LogP contribution in [0.3, 0.4) is 0 Å². The lowest BCUT2D eigenvalue weighted by molar-refractivity contribution is 0.00809. The number of imidazole rings is 1. The third-order valence-electron chi connectivity index (χ3n) is 5.62. The van der Waals surface area contributed by atoms with Gasteiger partial charge in [-0.25, -0.2) is 14.4 Å². The van der Waals surface area contributed by atoms with Crippen molar-refractivity contribution in [1.29, 1.82) is 0 Å². The van der Waals surface area contributed by atoms with Crippen molar-refractivity contribution in [3.63, 3.8) is 0 Å². The molecule has 0 bridgehead atoms. The Hall–Kier alpha value is -3.00. The van der Waals surface area contributed by atoms with Gasteiger partial charge in [-0.05, 0) is 31.0 Å². The minimum Gasteiger partial charge on any atom is -0.478 e. The van der Waals surface area contributed by atoms with Crippen LogP contribution in [0.5, 0.6) is 5.88 Å². The molecule has 1 saturated heterocycles. The molecule has 5 rings (SSSR count). The summed E-state index contributed by atoms with van der Waals surface area (Å²) in [5.74, 6) is -0.00404. The summed E-state index contributed by atoms with van der Waals surface area (Å²) in [6.45, 7) is 0.748. The van der Waals surface area contributed by atoms with Crippen LogP contribution in [0.2, 0.25) is 0 Å². The minimum absolute atomic E-state index is 0.0952. The summed E-state index contributed by atoms with van der Waals surface area (Å²) in [4.78, 5) is 21.1. The molecule has 8 heteroatoms. The molecule has 2 aromatic heterocycles. The number of benzene rings is 1. The molecule has 1 N–H and O–H groups in total. The maximum absolute atomic E-state index is 14.3. The van der Waals surface area contributed by atoms with Gasteiger partial charge in [0.2, 0.25) is 5.65 Å². The fourth-order valence-electron chi connectivity index (χ4n) is 4.14. The van der Waals surface area contributed by atoms with Gasteiger partial charge < -0.3 is 14.8 Å². The van der Waals surface area contributed by atoms with Gasteiger partial charge in [0.15, 0.2) is 0 Å². The number of amides is 1. The van der Waals surface area contributed by atoms with Gasteiger partial charge in [0, 0.05) is 42.1 Å². The van der Waals surface area contributed by atoms with Crippen LogP contribution in [0.1, 0.15) is 23.2 Å². The summed E-state index contributed by atoms with van der Waals surface area (Å²) in [6, 6.07) is 4.41. The molecule has 2 aliphatic rings. The zero-order chi connectivity index (χ0) is 19.3.